The molecule has 0 bridgehead atoms. The molecule has 1 heterocycles. The number of unbranched alkanes of at least 4 members (excludes halogenated alkanes) is 2. The monoisotopic (exact) mass is 384 g/mol. The summed E-state index contributed by atoms with van der Waals surface area (Å²) < 4.78 is 1.57. The van der Waals surface area contributed by atoms with Crippen LogP contribution in [0.5, 0.6) is 5.75 Å². The molecule has 0 saturated heterocycles. The summed E-state index contributed by atoms with van der Waals surface area (Å²) in [5, 5.41) is 14.3. The highest BCUT2D eigenvalue weighted by molar-refractivity contribution is 6.30. The van der Waals surface area contributed by atoms with E-state index in [9.17, 15) is 14.7 Å². The van der Waals surface area contributed by atoms with Gasteiger partial charge in [0.15, 0.2) is 0 Å². The molecule has 1 aromatic heterocycles. The Kier molecular flexibility index (Phi) is 5.81. The normalized spacial score (nSPS) is 10.9. The third-order valence-corrected chi connectivity index (χ3v) is 4.71. The van der Waals surface area contributed by atoms with Crippen LogP contribution in [0.2, 0.25) is 5.02 Å². The number of aryl methyl sites for hydroxylation is 1. The summed E-state index contributed by atoms with van der Waals surface area (Å²) in [7, 11) is 0. The summed E-state index contributed by atoms with van der Waals surface area (Å²) in [6.45, 7) is 2.58. The Hall–Kier alpha value is -2.79. The van der Waals surface area contributed by atoms with Gasteiger partial charge in [0, 0.05) is 22.6 Å². The molecule has 0 aliphatic carbocycles. The number of fused-ring (bicyclic) bond motifs is 1. The molecule has 140 valence electrons. The second-order valence-electron chi connectivity index (χ2n) is 6.37. The second-order valence-corrected chi connectivity index (χ2v) is 6.80. The summed E-state index contributed by atoms with van der Waals surface area (Å²) in [6.07, 6.45) is 2.83. The highest BCUT2D eigenvalue weighted by Crippen LogP contribution is 2.27. The van der Waals surface area contributed by atoms with Crippen LogP contribution in [-0.2, 0) is 6.54 Å². The van der Waals surface area contributed by atoms with Crippen LogP contribution in [0.1, 0.15) is 36.5 Å². The fourth-order valence-electron chi connectivity index (χ4n) is 3.06. The first-order chi connectivity index (χ1) is 13.0. The lowest BCUT2D eigenvalue weighted by molar-refractivity contribution is 0.102. The quantitative estimate of drug-likeness (QED) is 0.599. The van der Waals surface area contributed by atoms with Gasteiger partial charge < -0.3 is 15.0 Å². The van der Waals surface area contributed by atoms with E-state index in [1.807, 2.05) is 6.07 Å². The molecule has 6 heteroatoms. The Morgan fingerprint density at radius 3 is 2.52 bits per heavy atom. The first-order valence-electron chi connectivity index (χ1n) is 8.94. The summed E-state index contributed by atoms with van der Waals surface area (Å²) in [5.41, 5.74) is 0.377. The van der Waals surface area contributed by atoms with Crippen molar-refractivity contribution in [3.63, 3.8) is 0 Å². The van der Waals surface area contributed by atoms with E-state index in [1.165, 1.54) is 0 Å². The van der Waals surface area contributed by atoms with Crippen molar-refractivity contribution in [2.45, 2.75) is 32.7 Å². The molecule has 0 aliphatic rings. The van der Waals surface area contributed by atoms with Gasteiger partial charge in [0.1, 0.15) is 11.3 Å². The number of para-hydroxylation sites is 1. The molecule has 2 aromatic carbocycles. The molecule has 0 atom stereocenters. The molecular weight excluding hydrogens is 364 g/mol. The fourth-order valence-corrected chi connectivity index (χ4v) is 3.19. The molecule has 0 spiro atoms. The highest BCUT2D eigenvalue weighted by atomic mass is 35.5. The van der Waals surface area contributed by atoms with E-state index in [-0.39, 0.29) is 11.3 Å². The number of carbonyl (C=O) groups is 1. The lowest BCUT2D eigenvalue weighted by atomic mass is 10.1. The zero-order valence-electron chi connectivity index (χ0n) is 15.0. The number of benzene rings is 2. The van der Waals surface area contributed by atoms with Gasteiger partial charge in [-0.25, -0.2) is 0 Å². The first-order valence-corrected chi connectivity index (χ1v) is 9.32. The number of anilines is 1. The second kappa shape index (κ2) is 8.27. The van der Waals surface area contributed by atoms with Crippen LogP contribution in [0.15, 0.2) is 53.3 Å². The molecule has 2 N–H and O–H groups in total. The number of aromatic nitrogens is 1. The van der Waals surface area contributed by atoms with Gasteiger partial charge in [-0.3, -0.25) is 9.59 Å². The van der Waals surface area contributed by atoms with E-state index in [1.54, 1.807) is 47.0 Å². The van der Waals surface area contributed by atoms with Crippen molar-refractivity contribution >= 4 is 34.1 Å². The van der Waals surface area contributed by atoms with Gasteiger partial charge in [0.05, 0.1) is 5.52 Å². The zero-order valence-corrected chi connectivity index (χ0v) is 15.8. The van der Waals surface area contributed by atoms with Crippen LogP contribution >= 0.6 is 11.6 Å². The SMILES string of the molecule is CCCCCn1c(=O)c(C(=O)Nc2ccc(Cl)cc2)c(O)c2ccccc21. The molecule has 3 rings (SSSR count). The van der Waals surface area contributed by atoms with Crippen molar-refractivity contribution in [1.82, 2.24) is 4.57 Å². The maximum atomic E-state index is 13.0. The third kappa shape index (κ3) is 3.98. The number of aromatic hydroxyl groups is 1. The number of hydrogen-bond donors (Lipinski definition) is 2. The van der Waals surface area contributed by atoms with E-state index in [0.717, 1.165) is 19.3 Å². The van der Waals surface area contributed by atoms with Gasteiger partial charge >= 0.3 is 0 Å². The fraction of sp³-hybridized carbons (Fsp3) is 0.238. The smallest absolute Gasteiger partial charge is 0.267 e. The van der Waals surface area contributed by atoms with Gasteiger partial charge in [-0.2, -0.15) is 0 Å². The molecule has 0 aliphatic heterocycles. The Labute approximate surface area is 162 Å². The number of amides is 1. The summed E-state index contributed by atoms with van der Waals surface area (Å²) >= 11 is 5.86. The van der Waals surface area contributed by atoms with Crippen LogP contribution in [0, 0.1) is 0 Å². The number of nitrogens with zero attached hydrogens (tertiary/aromatic N) is 1. The van der Waals surface area contributed by atoms with E-state index in [0.29, 0.717) is 28.2 Å². The molecule has 0 unspecified atom stereocenters. The lowest BCUT2D eigenvalue weighted by Crippen LogP contribution is -2.30. The molecule has 0 saturated carbocycles. The van der Waals surface area contributed by atoms with Gasteiger partial charge in [-0.15, -0.1) is 0 Å². The highest BCUT2D eigenvalue weighted by Gasteiger charge is 2.22. The number of halogens is 1. The van der Waals surface area contributed by atoms with Crippen molar-refractivity contribution in [3.05, 3.63) is 69.5 Å². The van der Waals surface area contributed by atoms with Crippen molar-refractivity contribution < 1.29 is 9.90 Å². The minimum absolute atomic E-state index is 0.250. The van der Waals surface area contributed by atoms with E-state index < -0.39 is 11.5 Å². The minimum Gasteiger partial charge on any atom is -0.506 e. The zero-order chi connectivity index (χ0) is 19.4. The average molecular weight is 385 g/mol. The standard InChI is InChI=1S/C21H21ClN2O3/c1-2-3-6-13-24-17-8-5-4-7-16(17)19(25)18(21(24)27)20(26)23-15-11-9-14(22)10-12-15/h4-5,7-12,25H,2-3,6,13H2,1H3,(H,23,26). The molecule has 1 amide bonds. The van der Waals surface area contributed by atoms with Gasteiger partial charge in [0.2, 0.25) is 0 Å². The van der Waals surface area contributed by atoms with E-state index in [2.05, 4.69) is 12.2 Å². The number of carbonyl (C=O) groups excluding carboxylic acids is 1. The van der Waals surface area contributed by atoms with Crippen LogP contribution in [0.4, 0.5) is 5.69 Å². The molecule has 3 aromatic rings. The maximum absolute atomic E-state index is 13.0. The molecule has 5 nitrogen and oxygen atoms in total. The summed E-state index contributed by atoms with van der Waals surface area (Å²) in [4.78, 5) is 25.8. The van der Waals surface area contributed by atoms with Gasteiger partial charge in [0.25, 0.3) is 11.5 Å². The molecule has 0 fully saturated rings. The van der Waals surface area contributed by atoms with Gasteiger partial charge in [-0.05, 0) is 42.8 Å². The van der Waals surface area contributed by atoms with Crippen molar-refractivity contribution in [2.75, 3.05) is 5.32 Å². The lowest BCUT2D eigenvalue weighted by Gasteiger charge is -2.15. The number of pyridine rings is 1. The first kappa shape index (κ1) is 19.0. The number of hydrogen-bond acceptors (Lipinski definition) is 3. The summed E-state index contributed by atoms with van der Waals surface area (Å²) in [6, 6.07) is 13.6. The van der Waals surface area contributed by atoms with Crippen molar-refractivity contribution in [3.8, 4) is 5.75 Å². The Bertz CT molecular complexity index is 1030. The van der Waals surface area contributed by atoms with Crippen molar-refractivity contribution in [2.24, 2.45) is 0 Å². The Morgan fingerprint density at radius 2 is 1.81 bits per heavy atom. The number of nitrogens with one attached hydrogen (secondary N) is 1. The molecular formula is C21H21ClN2O3. The number of rotatable bonds is 6. The minimum atomic E-state index is -0.644. The Balaban J connectivity index is 2.07. The maximum Gasteiger partial charge on any atom is 0.267 e. The summed E-state index contributed by atoms with van der Waals surface area (Å²) in [5.74, 6) is -0.941. The van der Waals surface area contributed by atoms with Crippen LogP contribution in [0.3, 0.4) is 0 Å². The van der Waals surface area contributed by atoms with E-state index >= 15 is 0 Å². The topological polar surface area (TPSA) is 71.3 Å². The van der Waals surface area contributed by atoms with E-state index in [4.69, 9.17) is 11.6 Å². The van der Waals surface area contributed by atoms with Crippen molar-refractivity contribution in [1.29, 1.82) is 0 Å². The predicted octanol–water partition coefficient (Wildman–Crippen LogP) is 4.80. The van der Waals surface area contributed by atoms with Crippen LogP contribution < -0.4 is 10.9 Å². The van der Waals surface area contributed by atoms with Crippen LogP contribution in [0.25, 0.3) is 10.9 Å². The average Bonchev–Trinajstić information content (AvgIpc) is 2.66. The van der Waals surface area contributed by atoms with Crippen LogP contribution in [-0.4, -0.2) is 15.6 Å². The third-order valence-electron chi connectivity index (χ3n) is 4.46. The molecule has 27 heavy (non-hydrogen) atoms. The van der Waals surface area contributed by atoms with Gasteiger partial charge in [-0.1, -0.05) is 43.5 Å². The predicted molar refractivity (Wildman–Crippen MR) is 109 cm³/mol. The molecule has 0 radical (unpaired) electrons. The Morgan fingerprint density at radius 1 is 1.11 bits per heavy atom. The largest absolute Gasteiger partial charge is 0.506 e.